The summed E-state index contributed by atoms with van der Waals surface area (Å²) < 4.78 is 5.32. The van der Waals surface area contributed by atoms with Crippen LogP contribution in [-0.4, -0.2) is 35.8 Å². The van der Waals surface area contributed by atoms with Crippen LogP contribution < -0.4 is 4.74 Å². The number of hydrogen-bond acceptors (Lipinski definition) is 5. The predicted molar refractivity (Wildman–Crippen MR) is 66.8 cm³/mol. The van der Waals surface area contributed by atoms with Crippen molar-refractivity contribution in [2.75, 3.05) is 13.2 Å². The predicted octanol–water partition coefficient (Wildman–Crippen LogP) is 1.29. The summed E-state index contributed by atoms with van der Waals surface area (Å²) in [4.78, 5) is 32.1. The molecule has 0 aromatic heterocycles. The summed E-state index contributed by atoms with van der Waals surface area (Å²) in [6.07, 6.45) is 1.24. The zero-order valence-corrected chi connectivity index (χ0v) is 10.4. The van der Waals surface area contributed by atoms with Crippen molar-refractivity contribution in [3.05, 3.63) is 33.9 Å². The fourth-order valence-electron chi connectivity index (χ4n) is 1.54. The summed E-state index contributed by atoms with van der Waals surface area (Å²) >= 11 is 0. The quantitative estimate of drug-likeness (QED) is 0.306. The highest BCUT2D eigenvalue weighted by molar-refractivity contribution is 5.68. The molecule has 0 N–H and O–H groups in total. The Morgan fingerprint density at radius 3 is 2.63 bits per heavy atom. The van der Waals surface area contributed by atoms with Gasteiger partial charge in [0.1, 0.15) is 0 Å². The van der Waals surface area contributed by atoms with Crippen LogP contribution in [0.1, 0.15) is 12.0 Å². The molecular weight excluding hydrogens is 252 g/mol. The normalized spacial score (nSPS) is 9.74. The van der Waals surface area contributed by atoms with Crippen LogP contribution in [0.4, 0.5) is 5.69 Å². The van der Waals surface area contributed by atoms with Crippen molar-refractivity contribution in [1.29, 1.82) is 0 Å². The van der Waals surface area contributed by atoms with Crippen molar-refractivity contribution < 1.29 is 19.2 Å². The van der Waals surface area contributed by atoms with Gasteiger partial charge in [0.25, 0.3) is 0 Å². The molecule has 2 amide bonds. The molecule has 0 aliphatic rings. The van der Waals surface area contributed by atoms with Crippen LogP contribution in [0.15, 0.2) is 18.2 Å². The maximum atomic E-state index is 10.9. The molecule has 0 heterocycles. The van der Waals surface area contributed by atoms with Crippen molar-refractivity contribution in [3.63, 3.8) is 0 Å². The first kappa shape index (κ1) is 14.6. The number of benzene rings is 1. The van der Waals surface area contributed by atoms with Crippen LogP contribution in [0.3, 0.4) is 0 Å². The zero-order chi connectivity index (χ0) is 14.3. The van der Waals surface area contributed by atoms with Crippen molar-refractivity contribution in [3.8, 4) is 5.75 Å². The third-order valence-electron chi connectivity index (χ3n) is 2.47. The number of nitro benzene ring substituents is 1. The van der Waals surface area contributed by atoms with Gasteiger partial charge in [-0.2, -0.15) is 0 Å². The summed E-state index contributed by atoms with van der Waals surface area (Å²) in [5, 5.41) is 10.9. The van der Waals surface area contributed by atoms with Crippen LogP contribution in [0, 0.1) is 17.0 Å². The van der Waals surface area contributed by atoms with Gasteiger partial charge in [-0.3, -0.25) is 24.6 Å². The summed E-state index contributed by atoms with van der Waals surface area (Å²) in [6.45, 7) is 2.03. The zero-order valence-electron chi connectivity index (χ0n) is 10.4. The van der Waals surface area contributed by atoms with E-state index in [1.165, 1.54) is 6.07 Å². The molecule has 0 fully saturated rings. The molecule has 7 heteroatoms. The van der Waals surface area contributed by atoms with Crippen LogP contribution in [0.5, 0.6) is 5.75 Å². The molecule has 0 aliphatic heterocycles. The monoisotopic (exact) mass is 266 g/mol. The van der Waals surface area contributed by atoms with E-state index < -0.39 is 4.92 Å². The molecule has 0 saturated carbocycles. The molecule has 7 nitrogen and oxygen atoms in total. The molecule has 0 saturated heterocycles. The SMILES string of the molecule is Cc1cccc(OCCCN(C=O)C=O)c1[N+](=O)[O-]. The molecule has 0 unspecified atom stereocenters. The van der Waals surface area contributed by atoms with Gasteiger partial charge in [0, 0.05) is 12.1 Å². The smallest absolute Gasteiger partial charge is 0.313 e. The largest absolute Gasteiger partial charge is 0.487 e. The van der Waals surface area contributed by atoms with Gasteiger partial charge in [0.15, 0.2) is 5.75 Å². The second-order valence-electron chi connectivity index (χ2n) is 3.83. The Hall–Kier alpha value is -2.44. The van der Waals surface area contributed by atoms with Crippen molar-refractivity contribution in [2.24, 2.45) is 0 Å². The minimum atomic E-state index is -0.492. The highest BCUT2D eigenvalue weighted by atomic mass is 16.6. The number of nitrogens with zero attached hydrogens (tertiary/aromatic N) is 2. The van der Waals surface area contributed by atoms with E-state index in [1.54, 1.807) is 19.1 Å². The Bertz CT molecular complexity index is 467. The van der Waals surface area contributed by atoms with Gasteiger partial charge < -0.3 is 4.74 Å². The molecule has 1 aromatic rings. The molecule has 1 aromatic carbocycles. The van der Waals surface area contributed by atoms with Gasteiger partial charge in [0.2, 0.25) is 12.8 Å². The van der Waals surface area contributed by atoms with E-state index in [2.05, 4.69) is 0 Å². The third-order valence-corrected chi connectivity index (χ3v) is 2.47. The van der Waals surface area contributed by atoms with Gasteiger partial charge in [-0.15, -0.1) is 0 Å². The van der Waals surface area contributed by atoms with Crippen LogP contribution in [0.2, 0.25) is 0 Å². The van der Waals surface area contributed by atoms with Crippen LogP contribution in [-0.2, 0) is 9.59 Å². The summed E-state index contributed by atoms with van der Waals surface area (Å²) in [6, 6.07) is 4.81. The topological polar surface area (TPSA) is 89.8 Å². The highest BCUT2D eigenvalue weighted by Gasteiger charge is 2.17. The lowest BCUT2D eigenvalue weighted by molar-refractivity contribution is -0.386. The van der Waals surface area contributed by atoms with Crippen molar-refractivity contribution in [2.45, 2.75) is 13.3 Å². The van der Waals surface area contributed by atoms with Crippen molar-refractivity contribution in [1.82, 2.24) is 4.90 Å². The van der Waals surface area contributed by atoms with E-state index in [4.69, 9.17) is 4.74 Å². The first-order chi connectivity index (χ1) is 9.10. The van der Waals surface area contributed by atoms with Gasteiger partial charge in [-0.25, -0.2) is 0 Å². The summed E-state index contributed by atoms with van der Waals surface area (Å²) in [5.41, 5.74) is 0.454. The molecule has 0 aliphatic carbocycles. The Labute approximate surface area is 109 Å². The van der Waals surface area contributed by atoms with Gasteiger partial charge in [0.05, 0.1) is 11.5 Å². The maximum absolute atomic E-state index is 10.9. The van der Waals surface area contributed by atoms with E-state index in [-0.39, 0.29) is 24.6 Å². The Morgan fingerprint density at radius 1 is 1.37 bits per heavy atom. The number of nitro groups is 1. The van der Waals surface area contributed by atoms with E-state index >= 15 is 0 Å². The average Bonchev–Trinajstić information content (AvgIpc) is 2.38. The fraction of sp³-hybridized carbons (Fsp3) is 0.333. The lowest BCUT2D eigenvalue weighted by atomic mass is 10.2. The fourth-order valence-corrected chi connectivity index (χ4v) is 1.54. The number of para-hydroxylation sites is 1. The van der Waals surface area contributed by atoms with Crippen LogP contribution in [0.25, 0.3) is 0 Å². The maximum Gasteiger partial charge on any atom is 0.313 e. The van der Waals surface area contributed by atoms with E-state index in [0.29, 0.717) is 24.8 Å². The Kier molecular flexibility index (Phi) is 5.46. The number of aryl methyl sites for hydroxylation is 1. The van der Waals surface area contributed by atoms with E-state index in [9.17, 15) is 19.7 Å². The number of ether oxygens (including phenoxy) is 1. The molecule has 0 atom stereocenters. The Balaban J connectivity index is 2.59. The molecule has 1 rings (SSSR count). The van der Waals surface area contributed by atoms with Crippen LogP contribution >= 0.6 is 0 Å². The number of carbonyl (C=O) groups excluding carboxylic acids is 2. The number of rotatable bonds is 8. The first-order valence-corrected chi connectivity index (χ1v) is 5.63. The second kappa shape index (κ2) is 7.10. The first-order valence-electron chi connectivity index (χ1n) is 5.63. The lowest BCUT2D eigenvalue weighted by Crippen LogP contribution is -2.22. The summed E-state index contributed by atoms with van der Waals surface area (Å²) in [5.74, 6) is 0.189. The molecule has 0 bridgehead atoms. The molecule has 102 valence electrons. The number of imide groups is 1. The highest BCUT2D eigenvalue weighted by Crippen LogP contribution is 2.30. The number of hydrogen-bond donors (Lipinski definition) is 0. The van der Waals surface area contributed by atoms with E-state index in [0.717, 1.165) is 4.90 Å². The van der Waals surface area contributed by atoms with Gasteiger partial charge in [-0.05, 0) is 19.4 Å². The molecule has 19 heavy (non-hydrogen) atoms. The minimum absolute atomic E-state index is 0.0647. The Morgan fingerprint density at radius 2 is 2.05 bits per heavy atom. The van der Waals surface area contributed by atoms with Crippen molar-refractivity contribution >= 4 is 18.5 Å². The number of carbonyl (C=O) groups is 2. The number of amides is 2. The molecule has 0 spiro atoms. The average molecular weight is 266 g/mol. The van der Waals surface area contributed by atoms with Gasteiger partial charge in [-0.1, -0.05) is 12.1 Å². The third kappa shape index (κ3) is 4.06. The van der Waals surface area contributed by atoms with E-state index in [1.807, 2.05) is 0 Å². The molecular formula is C12H14N2O5. The molecule has 0 radical (unpaired) electrons. The summed E-state index contributed by atoms with van der Waals surface area (Å²) in [7, 11) is 0. The standard InChI is InChI=1S/C12H14N2O5/c1-10-4-2-5-11(12(10)14(17)18)19-7-3-6-13(8-15)9-16/h2,4-5,8-9H,3,6-7H2,1H3. The second-order valence-corrected chi connectivity index (χ2v) is 3.83. The van der Waals surface area contributed by atoms with Gasteiger partial charge >= 0.3 is 5.69 Å². The lowest BCUT2D eigenvalue weighted by Gasteiger charge is -2.10. The minimum Gasteiger partial charge on any atom is -0.487 e.